The van der Waals surface area contributed by atoms with Crippen LogP contribution in [0.15, 0.2) is 267 Å². The quantitative estimate of drug-likeness (QED) is 0.0846. The maximum absolute atomic E-state index is 5.89. The third-order valence-electron chi connectivity index (χ3n) is 44.1. The number of rotatable bonds is 17. The van der Waals surface area contributed by atoms with Gasteiger partial charge < -0.3 is 8.85 Å². The molecular weight excluding hydrogens is 1920 g/mol. The summed E-state index contributed by atoms with van der Waals surface area (Å²) in [5.41, 5.74) is 12.2. The zero-order chi connectivity index (χ0) is 107. The third kappa shape index (κ3) is 25.0. The summed E-state index contributed by atoms with van der Waals surface area (Å²) in [4.78, 5) is 0. The lowest BCUT2D eigenvalue weighted by Crippen LogP contribution is -2.63. The molecule has 7 aliphatic carbocycles. The molecule has 0 bridgehead atoms. The fraction of sp³-hybridized carbons (Fsp3) is 0.559. The van der Waals surface area contributed by atoms with Crippen molar-refractivity contribution in [3.63, 3.8) is 0 Å². The first kappa shape index (κ1) is 120. The van der Waals surface area contributed by atoms with E-state index in [1.807, 2.05) is 14.2 Å². The van der Waals surface area contributed by atoms with Gasteiger partial charge in [0.1, 0.15) is 24.2 Å². The summed E-state index contributed by atoms with van der Waals surface area (Å²) in [6, 6.07) is 98.3. The number of benzene rings is 10. The van der Waals surface area contributed by atoms with Crippen molar-refractivity contribution in [3.8, 4) is 33.4 Å². The van der Waals surface area contributed by atoms with Gasteiger partial charge in [-0.1, -0.05) is 672 Å². The molecule has 20 rings (SSSR count). The maximum Gasteiger partial charge on any atom is 0.253 e. The first-order chi connectivity index (χ1) is 69.6. The van der Waals surface area contributed by atoms with Gasteiger partial charge in [-0.15, -0.1) is 0 Å². The molecule has 0 radical (unpaired) electrons. The Hall–Kier alpha value is -5.93. The Kier molecular flexibility index (Phi) is 41.3. The molecule has 3 heterocycles. The predicted molar refractivity (Wildman–Crippen MR) is 680 cm³/mol. The molecule has 10 aromatic carbocycles. The second kappa shape index (κ2) is 50.7. The van der Waals surface area contributed by atoms with Gasteiger partial charge >= 0.3 is 0 Å². The Morgan fingerprint density at radius 2 is 0.367 bits per heavy atom. The molecule has 3 aliphatic heterocycles. The Morgan fingerprint density at radius 1 is 0.204 bits per heavy atom. The van der Waals surface area contributed by atoms with Crippen LogP contribution in [0.1, 0.15) is 329 Å². The highest BCUT2D eigenvalue weighted by Gasteiger charge is 2.57. The summed E-state index contributed by atoms with van der Waals surface area (Å²) in [5, 5.41) is 19.8. The van der Waals surface area contributed by atoms with Crippen molar-refractivity contribution >= 4 is 125 Å². The Morgan fingerprint density at radius 3 is 0.551 bits per heavy atom. The van der Waals surface area contributed by atoms with Crippen molar-refractivity contribution in [3.05, 3.63) is 267 Å². The van der Waals surface area contributed by atoms with Crippen LogP contribution in [0.25, 0.3) is 33.4 Å². The molecule has 0 spiro atoms. The second-order valence-corrected chi connectivity index (χ2v) is 98.6. The van der Waals surface area contributed by atoms with E-state index in [0.29, 0.717) is 25.2 Å². The standard InChI is InChI=1S/C20H24Si.2C20H26Si.2C14H14OSi.2C14H30Si.2C10H22Si/c1-20(14-8-3-9-15-20)21(2)18-12-6-4-10-16(18)17-11-5-7-13-19(17)21;2*1-20(16-10-5-11-17-20)21(2,18-12-6-3-7-13-18)19-14-8-4-9-15-19;2*1-15-16(2)13-9-5-3-7-11(13)12-8-4-6-10-14(12)16;2*1-12(2)15(6,13(3)4)14(5)10-8-7-9-11-14;2*1-10(11(2,3)4)8-6-5-7-9-10/h4-7,10-13H,3,8-9,14-15H2,1-2H3;2*3-4,6-9,12-15H,5,10-11,16-17H2,1-2H3;2*3-10H,1-2H3;2*12-13H,7-11H2,1-6H3;2*5-9H2,1-4H3. The van der Waals surface area contributed by atoms with Crippen molar-refractivity contribution < 1.29 is 8.85 Å². The van der Waals surface area contributed by atoms with E-state index in [-0.39, 0.29) is 0 Å². The van der Waals surface area contributed by atoms with Gasteiger partial charge in [0.2, 0.25) is 0 Å². The largest absolute Gasteiger partial charge is 0.411 e. The smallest absolute Gasteiger partial charge is 0.253 e. The monoisotopic (exact) mass is 2130 g/mol. The highest BCUT2D eigenvalue weighted by Crippen LogP contribution is 2.62. The summed E-state index contributed by atoms with van der Waals surface area (Å²) < 4.78 is 11.8. The van der Waals surface area contributed by atoms with E-state index in [1.165, 1.54) is 279 Å². The molecule has 0 aromatic heterocycles. The van der Waals surface area contributed by atoms with Gasteiger partial charge in [-0.25, -0.2) is 0 Å². The minimum atomic E-state index is -1.90. The second-order valence-electron chi connectivity index (χ2n) is 54.1. The highest BCUT2D eigenvalue weighted by atomic mass is 28.4. The Bertz CT molecular complexity index is 5130. The lowest BCUT2D eigenvalue weighted by molar-refractivity contribution is 0.378. The first-order valence-corrected chi connectivity index (χ1v) is 84.2. The summed E-state index contributed by atoms with van der Waals surface area (Å²) in [7, 11) is -9.24. The van der Waals surface area contributed by atoms with Crippen LogP contribution in [0.5, 0.6) is 0 Å². The molecule has 800 valence electrons. The van der Waals surface area contributed by atoms with Crippen molar-refractivity contribution in [1.29, 1.82) is 0 Å². The number of hydrogen-bond acceptors (Lipinski definition) is 2. The van der Waals surface area contributed by atoms with E-state index in [0.717, 1.165) is 32.2 Å². The van der Waals surface area contributed by atoms with E-state index in [9.17, 15) is 0 Å². The topological polar surface area (TPSA) is 18.5 Å². The minimum Gasteiger partial charge on any atom is -0.411 e. The molecule has 0 amide bonds. The van der Waals surface area contributed by atoms with Crippen molar-refractivity contribution in [2.75, 3.05) is 14.2 Å². The molecular formula is C136H208O2Si9. The zero-order valence-electron chi connectivity index (χ0n) is 99.3. The zero-order valence-corrected chi connectivity index (χ0v) is 108. The predicted octanol–water partition coefficient (Wildman–Crippen LogP) is 37.1. The van der Waals surface area contributed by atoms with Gasteiger partial charge in [-0.3, -0.25) is 0 Å². The van der Waals surface area contributed by atoms with E-state index in [2.05, 4.69) is 456 Å². The van der Waals surface area contributed by atoms with Crippen LogP contribution < -0.4 is 51.9 Å². The Balaban J connectivity index is 0.000000148. The minimum absolute atomic E-state index is 0.480. The average Bonchev–Trinajstić information content (AvgIpc) is 1.55. The molecule has 0 atom stereocenters. The van der Waals surface area contributed by atoms with Crippen LogP contribution in [-0.2, 0) is 8.85 Å². The lowest BCUT2D eigenvalue weighted by atomic mass is 9.90. The van der Waals surface area contributed by atoms with Crippen LogP contribution in [0.2, 0.25) is 143 Å². The maximum atomic E-state index is 5.89. The Labute approximate surface area is 912 Å². The summed E-state index contributed by atoms with van der Waals surface area (Å²) >= 11 is 0. The normalized spacial score (nSPS) is 20.1. The van der Waals surface area contributed by atoms with E-state index < -0.39 is 73.2 Å². The van der Waals surface area contributed by atoms with Gasteiger partial charge in [-0.05, 0) is 151 Å². The van der Waals surface area contributed by atoms with Crippen LogP contribution >= 0.6 is 0 Å². The highest BCUT2D eigenvalue weighted by molar-refractivity contribution is 7.07. The molecule has 7 saturated carbocycles. The number of fused-ring (bicyclic) bond motifs is 9. The fourth-order valence-corrected chi connectivity index (χ4v) is 66.5. The average molecular weight is 2130 g/mol. The van der Waals surface area contributed by atoms with E-state index in [1.54, 1.807) is 31.1 Å². The van der Waals surface area contributed by atoms with Crippen molar-refractivity contribution in [1.82, 2.24) is 0 Å². The fourth-order valence-electron chi connectivity index (χ4n) is 30.7. The summed E-state index contributed by atoms with van der Waals surface area (Å²) in [5.74, 6) is 0. The molecule has 2 nitrogen and oxygen atoms in total. The molecule has 10 aromatic rings. The van der Waals surface area contributed by atoms with Crippen LogP contribution in [0, 0.1) is 0 Å². The SMILES string of the molecule is CC(C)[Si](C)(C(C)C)C1(C)CCCCC1.CC(C)[Si](C)(C(C)C)C1(C)CCCCC1.CC1([Si](C)(C)C)CCCCC1.CC1([Si](C)(C)C)CCCCC1.CC1([Si](C)(c2ccccc2)c2ccccc2)CCCCC1.CC1([Si](C)(c2ccccc2)c2ccccc2)CCCCC1.CC1([Si]2(C)c3ccccc3-c3ccccc32)CCCCC1.CO[Si]1(C)c2ccccc2-c2ccccc21.CO[Si]1(C)c2ccccc2-c2ccccc21. The molecule has 0 N–H and O–H groups in total. The van der Waals surface area contributed by atoms with Gasteiger partial charge in [0.05, 0.1) is 32.3 Å². The summed E-state index contributed by atoms with van der Waals surface area (Å²) in [6.45, 7) is 70.7. The van der Waals surface area contributed by atoms with Gasteiger partial charge in [-0.2, -0.15) is 0 Å². The lowest BCUT2D eigenvalue weighted by Gasteiger charge is -2.53. The van der Waals surface area contributed by atoms with Gasteiger partial charge in [0.25, 0.3) is 16.6 Å². The molecule has 0 unspecified atom stereocenters. The molecule has 11 heteroatoms. The van der Waals surface area contributed by atoms with Crippen molar-refractivity contribution in [2.24, 2.45) is 0 Å². The van der Waals surface area contributed by atoms with Gasteiger partial charge in [0, 0.05) is 14.2 Å². The molecule has 7 fully saturated rings. The first-order valence-electron chi connectivity index (χ1n) is 59.6. The molecule has 147 heavy (non-hydrogen) atoms. The summed E-state index contributed by atoms with van der Waals surface area (Å²) in [6.07, 6.45) is 51.0. The van der Waals surface area contributed by atoms with E-state index >= 15 is 0 Å². The van der Waals surface area contributed by atoms with Gasteiger partial charge in [0.15, 0.2) is 0 Å². The molecule has 0 saturated heterocycles. The van der Waals surface area contributed by atoms with Crippen LogP contribution in [-0.4, -0.2) is 87.4 Å². The van der Waals surface area contributed by atoms with E-state index in [4.69, 9.17) is 8.85 Å². The number of hydrogen-bond donors (Lipinski definition) is 0. The van der Waals surface area contributed by atoms with Crippen molar-refractivity contribution in [2.45, 2.75) is 471 Å². The third-order valence-corrected chi connectivity index (χ3v) is 93.4. The van der Waals surface area contributed by atoms with Crippen LogP contribution in [0.4, 0.5) is 0 Å². The molecule has 10 aliphatic rings. The van der Waals surface area contributed by atoms with Crippen LogP contribution in [0.3, 0.4) is 0 Å².